The van der Waals surface area contributed by atoms with E-state index in [0.717, 1.165) is 0 Å². The van der Waals surface area contributed by atoms with Crippen molar-refractivity contribution in [3.05, 3.63) is 175 Å². The van der Waals surface area contributed by atoms with Crippen molar-refractivity contribution in [3.8, 4) is 45.2 Å². The van der Waals surface area contributed by atoms with E-state index in [1.165, 1.54) is 18.2 Å². The first-order chi connectivity index (χ1) is 27.2. The number of hydrogen-bond donors (Lipinski definition) is 2. The van der Waals surface area contributed by atoms with E-state index >= 15 is 4.39 Å². The molecule has 0 aliphatic rings. The molecule has 0 aliphatic heterocycles. The van der Waals surface area contributed by atoms with Crippen LogP contribution in [0.4, 0.5) is 8.78 Å². The van der Waals surface area contributed by atoms with E-state index in [0.29, 0.717) is 80.3 Å². The number of pyridine rings is 2. The van der Waals surface area contributed by atoms with Crippen LogP contribution in [0.1, 0.15) is 34.5 Å². The average molecular weight is 917 g/mol. The molecule has 0 radical (unpaired) electrons. The van der Waals surface area contributed by atoms with Crippen LogP contribution in [0.15, 0.2) is 137 Å². The van der Waals surface area contributed by atoms with Gasteiger partial charge in [-0.05, 0) is 109 Å². The van der Waals surface area contributed by atoms with Crippen molar-refractivity contribution in [1.29, 1.82) is 0 Å². The van der Waals surface area contributed by atoms with Gasteiger partial charge in [0.05, 0.1) is 16.6 Å². The molecule has 0 saturated heterocycles. The lowest BCUT2D eigenvalue weighted by molar-refractivity contribution is 0.220. The van der Waals surface area contributed by atoms with Gasteiger partial charge in [0.2, 0.25) is 0 Å². The summed E-state index contributed by atoms with van der Waals surface area (Å²) in [7, 11) is -0.334. The maximum atomic E-state index is 15.2. The van der Waals surface area contributed by atoms with Gasteiger partial charge in [-0.1, -0.05) is 69.9 Å². The summed E-state index contributed by atoms with van der Waals surface area (Å²) in [5.41, 5.74) is 4.91. The zero-order valence-corrected chi connectivity index (χ0v) is 33.3. The highest BCUT2D eigenvalue weighted by Gasteiger charge is 2.31. The molecule has 0 saturated carbocycles. The number of aliphatic hydroxyl groups is 2. The van der Waals surface area contributed by atoms with Crippen molar-refractivity contribution in [3.63, 3.8) is 0 Å². The predicted molar refractivity (Wildman–Crippen MR) is 222 cm³/mol. The summed E-state index contributed by atoms with van der Waals surface area (Å²) < 4.78 is 41.8. The molecular formula is C42H26Cl2F2IN4O4P. The predicted octanol–water partition coefficient (Wildman–Crippen LogP) is 10.1. The molecular weight excluding hydrogens is 891 g/mol. The van der Waals surface area contributed by atoms with E-state index in [4.69, 9.17) is 32.2 Å². The molecule has 8 aromatic rings. The fourth-order valence-electron chi connectivity index (χ4n) is 6.32. The molecule has 0 spiro atoms. The number of benzene rings is 4. The molecule has 8 rings (SSSR count). The molecule has 4 aromatic heterocycles. The van der Waals surface area contributed by atoms with Crippen LogP contribution >= 0.6 is 54.4 Å². The Morgan fingerprint density at radius 1 is 0.679 bits per heavy atom. The van der Waals surface area contributed by atoms with Crippen molar-refractivity contribution in [2.45, 2.75) is 12.2 Å². The van der Waals surface area contributed by atoms with E-state index in [2.05, 4.69) is 20.3 Å². The molecule has 0 fully saturated rings. The molecule has 4 aromatic carbocycles. The zero-order chi connectivity index (χ0) is 38.9. The Hall–Kier alpha value is -4.88. The average Bonchev–Trinajstić information content (AvgIpc) is 3.86. The normalized spacial score (nSPS) is 12.7. The highest BCUT2D eigenvalue weighted by atomic mass is 127. The molecule has 14 heteroatoms. The fourth-order valence-corrected chi connectivity index (χ4v) is 8.39. The Bertz CT molecular complexity index is 2680. The summed E-state index contributed by atoms with van der Waals surface area (Å²) in [6.45, 7) is 0. The van der Waals surface area contributed by atoms with Crippen molar-refractivity contribution in [2.75, 3.05) is 0 Å². The topological polar surface area (TPSA) is 118 Å². The van der Waals surface area contributed by atoms with Gasteiger partial charge in [-0.15, -0.1) is 0 Å². The summed E-state index contributed by atoms with van der Waals surface area (Å²) in [4.78, 5) is 8.86. The standard InChI is InChI=1S/C42H26Cl2F2IN4O4P/c43-26-10-5-22(6-11-26)36-34(38(52)25-3-1-17-48-21-25)41(55-51-36)29-15-14-28(45)20-33(29)56-42-30(4-2-18-49-42)39(53)35-37(23-7-12-27(44)13-8-23)50-54-40(35)24-9-16-31(46)32(47)19-24/h1-21,38-39,52-53,56H. The maximum Gasteiger partial charge on any atom is 0.174 e. The second-order valence-corrected chi connectivity index (χ2v) is 15.8. The number of halogens is 5. The number of rotatable bonds is 10. The van der Waals surface area contributed by atoms with Crippen molar-refractivity contribution < 1.29 is 28.0 Å². The number of hydrogen-bond acceptors (Lipinski definition) is 8. The first kappa shape index (κ1) is 38.0. The molecule has 0 amide bonds. The summed E-state index contributed by atoms with van der Waals surface area (Å²) in [5.74, 6) is -0.475. The van der Waals surface area contributed by atoms with Crippen molar-refractivity contribution in [1.82, 2.24) is 20.3 Å². The van der Waals surface area contributed by atoms with Gasteiger partial charge in [-0.25, -0.2) is 8.78 Å². The molecule has 278 valence electrons. The van der Waals surface area contributed by atoms with Crippen LogP contribution in [-0.2, 0) is 0 Å². The largest absolute Gasteiger partial charge is 0.383 e. The van der Waals surface area contributed by atoms with E-state index < -0.39 is 23.8 Å². The van der Waals surface area contributed by atoms with Crippen LogP contribution in [-0.4, -0.2) is 30.5 Å². The quantitative estimate of drug-likeness (QED) is 0.103. The number of nitrogens with zero attached hydrogens (tertiary/aromatic N) is 4. The molecule has 56 heavy (non-hydrogen) atoms. The minimum absolute atomic E-state index is 0.212. The third-order valence-electron chi connectivity index (χ3n) is 9.03. The summed E-state index contributed by atoms with van der Waals surface area (Å²) in [6.07, 6.45) is 2.15. The van der Waals surface area contributed by atoms with Gasteiger partial charge in [-0.2, -0.15) is 0 Å². The van der Waals surface area contributed by atoms with Crippen molar-refractivity contribution >= 4 is 65.1 Å². The van der Waals surface area contributed by atoms with E-state index in [9.17, 15) is 14.6 Å². The van der Waals surface area contributed by atoms with Gasteiger partial charge in [0.15, 0.2) is 11.5 Å². The Labute approximate surface area is 344 Å². The number of aliphatic hydroxyl groups excluding tert-OH is 2. The van der Waals surface area contributed by atoms with Gasteiger partial charge in [0.1, 0.15) is 35.2 Å². The monoisotopic (exact) mass is 916 g/mol. The Balaban J connectivity index is 1.25. The minimum atomic E-state index is -1.36. The molecule has 0 aliphatic carbocycles. The molecule has 0 bridgehead atoms. The SMILES string of the molecule is OC(c1cccnc1)c1c(-c2ccc(Cl)cc2)noc1-c1ccc(F)cc1Pc1ncccc1C(O)c1c(-c2ccc(Cl)cc2)noc1-c1ccc(F)c(I)c1. The zero-order valence-electron chi connectivity index (χ0n) is 28.7. The first-order valence-electron chi connectivity index (χ1n) is 16.9. The maximum absolute atomic E-state index is 15.2. The minimum Gasteiger partial charge on any atom is -0.383 e. The molecule has 8 nitrogen and oxygen atoms in total. The first-order valence-corrected chi connectivity index (χ1v) is 19.7. The van der Waals surface area contributed by atoms with Crippen molar-refractivity contribution in [2.24, 2.45) is 0 Å². The number of aromatic nitrogens is 4. The second-order valence-electron chi connectivity index (χ2n) is 12.5. The van der Waals surface area contributed by atoms with Gasteiger partial charge in [0, 0.05) is 65.6 Å². The Morgan fingerprint density at radius 3 is 1.95 bits per heavy atom. The van der Waals surface area contributed by atoms with E-state index in [1.54, 1.807) is 110 Å². The van der Waals surface area contributed by atoms with Gasteiger partial charge in [0.25, 0.3) is 0 Å². The van der Waals surface area contributed by atoms with Crippen LogP contribution in [0.3, 0.4) is 0 Å². The van der Waals surface area contributed by atoms with Crippen LogP contribution in [0.2, 0.25) is 10.0 Å². The molecule has 3 unspecified atom stereocenters. The van der Waals surface area contributed by atoms with Crippen LogP contribution < -0.4 is 10.7 Å². The summed E-state index contributed by atoms with van der Waals surface area (Å²) in [5, 5.41) is 34.4. The second kappa shape index (κ2) is 16.3. The fraction of sp³-hybridized carbons (Fsp3) is 0.0476. The van der Waals surface area contributed by atoms with Gasteiger partial charge >= 0.3 is 0 Å². The van der Waals surface area contributed by atoms with Crippen LogP contribution in [0.5, 0.6) is 0 Å². The van der Waals surface area contributed by atoms with E-state index in [1.807, 2.05) is 22.6 Å². The third kappa shape index (κ3) is 7.63. The highest BCUT2D eigenvalue weighted by Crippen LogP contribution is 2.42. The molecule has 2 N–H and O–H groups in total. The summed E-state index contributed by atoms with van der Waals surface area (Å²) >= 11 is 14.3. The highest BCUT2D eigenvalue weighted by molar-refractivity contribution is 14.1. The smallest absolute Gasteiger partial charge is 0.174 e. The van der Waals surface area contributed by atoms with Crippen LogP contribution in [0, 0.1) is 15.2 Å². The summed E-state index contributed by atoms with van der Waals surface area (Å²) in [6, 6.07) is 29.4. The Morgan fingerprint density at radius 2 is 1.30 bits per heavy atom. The third-order valence-corrected chi connectivity index (χ3v) is 11.7. The lowest BCUT2D eigenvalue weighted by atomic mass is 9.95. The molecule has 4 heterocycles. The Kier molecular flexibility index (Phi) is 11.1. The van der Waals surface area contributed by atoms with E-state index in [-0.39, 0.29) is 20.1 Å². The van der Waals surface area contributed by atoms with Gasteiger partial charge < -0.3 is 19.3 Å². The lowest BCUT2D eigenvalue weighted by Crippen LogP contribution is -2.18. The molecule has 3 atom stereocenters. The van der Waals surface area contributed by atoms with Crippen LogP contribution in [0.25, 0.3) is 45.2 Å². The lowest BCUT2D eigenvalue weighted by Gasteiger charge is -2.18. The van der Waals surface area contributed by atoms with Gasteiger partial charge in [-0.3, -0.25) is 9.97 Å².